The first kappa shape index (κ1) is 20.6. The normalized spacial score (nSPS) is 15.3. The molecule has 2 aliphatic heterocycles. The molecule has 0 saturated heterocycles. The smallest absolute Gasteiger partial charge is 0.278 e. The van der Waals surface area contributed by atoms with Gasteiger partial charge in [-0.1, -0.05) is 30.3 Å². The maximum Gasteiger partial charge on any atom is 0.278 e. The number of carbonyl (C=O) groups is 3. The molecule has 0 bridgehead atoms. The molecule has 164 valence electrons. The van der Waals surface area contributed by atoms with Gasteiger partial charge in [0.1, 0.15) is 5.70 Å². The van der Waals surface area contributed by atoms with Gasteiger partial charge in [-0.2, -0.15) is 0 Å². The lowest BCUT2D eigenvalue weighted by molar-refractivity contribution is -0.137. The third-order valence-electron chi connectivity index (χ3n) is 5.88. The first-order valence-corrected chi connectivity index (χ1v) is 10.8. The third kappa shape index (κ3) is 3.78. The van der Waals surface area contributed by atoms with Crippen molar-refractivity contribution >= 4 is 34.7 Å². The van der Waals surface area contributed by atoms with E-state index in [0.29, 0.717) is 29.1 Å². The minimum absolute atomic E-state index is 0.173. The molecule has 3 aromatic rings. The number of anilines is 2. The number of nitrogens with zero attached hydrogens (tertiary/aromatic N) is 3. The van der Waals surface area contributed by atoms with E-state index in [9.17, 15) is 14.4 Å². The first-order valence-electron chi connectivity index (χ1n) is 10.8. The number of aromatic nitrogens is 1. The van der Waals surface area contributed by atoms with Gasteiger partial charge in [-0.05, 0) is 53.4 Å². The van der Waals surface area contributed by atoms with Gasteiger partial charge in [0, 0.05) is 37.2 Å². The van der Waals surface area contributed by atoms with Gasteiger partial charge < -0.3 is 10.2 Å². The summed E-state index contributed by atoms with van der Waals surface area (Å²) in [5.74, 6) is -0.815. The molecule has 2 aliphatic rings. The number of benzene rings is 2. The molecule has 0 spiro atoms. The van der Waals surface area contributed by atoms with E-state index >= 15 is 0 Å². The Hall–Kier alpha value is -4.26. The summed E-state index contributed by atoms with van der Waals surface area (Å²) in [6.07, 6.45) is 4.10. The maximum atomic E-state index is 13.6. The number of carbonyl (C=O) groups excluding carboxylic acids is 3. The highest BCUT2D eigenvalue weighted by Crippen LogP contribution is 2.39. The minimum atomic E-state index is -0.330. The van der Waals surface area contributed by atoms with Crippen molar-refractivity contribution in [1.29, 1.82) is 0 Å². The van der Waals surface area contributed by atoms with Crippen LogP contribution in [0.1, 0.15) is 23.6 Å². The van der Waals surface area contributed by atoms with Gasteiger partial charge in [0.2, 0.25) is 5.91 Å². The molecule has 0 radical (unpaired) electrons. The standard InChI is InChI=1S/C26H22N4O3/c1-17(31)28-21-8-6-20(7-9-21)23-24(29-15-12-19-4-2-3-5-22(19)29)26(33)30(25(23)32)16-18-10-13-27-14-11-18/h2-11,13-14H,12,15-16H2,1H3,(H,28,31). The molecule has 5 rings (SSSR count). The Morgan fingerprint density at radius 2 is 1.70 bits per heavy atom. The van der Waals surface area contributed by atoms with Gasteiger partial charge in [0.05, 0.1) is 12.1 Å². The lowest BCUT2D eigenvalue weighted by Gasteiger charge is -2.22. The third-order valence-corrected chi connectivity index (χ3v) is 5.88. The van der Waals surface area contributed by atoms with Crippen molar-refractivity contribution in [2.24, 2.45) is 0 Å². The second-order valence-electron chi connectivity index (χ2n) is 8.06. The predicted molar refractivity (Wildman–Crippen MR) is 125 cm³/mol. The quantitative estimate of drug-likeness (QED) is 0.618. The molecule has 0 unspecified atom stereocenters. The van der Waals surface area contributed by atoms with E-state index in [4.69, 9.17) is 0 Å². The van der Waals surface area contributed by atoms with Gasteiger partial charge >= 0.3 is 0 Å². The molecule has 7 nitrogen and oxygen atoms in total. The summed E-state index contributed by atoms with van der Waals surface area (Å²) >= 11 is 0. The molecule has 0 saturated carbocycles. The van der Waals surface area contributed by atoms with E-state index in [1.807, 2.05) is 29.2 Å². The SMILES string of the molecule is CC(=O)Nc1ccc(C2=C(N3CCc4ccccc43)C(=O)N(Cc3ccncc3)C2=O)cc1. The monoisotopic (exact) mass is 438 g/mol. The van der Waals surface area contributed by atoms with Gasteiger partial charge in [0.25, 0.3) is 11.8 Å². The van der Waals surface area contributed by atoms with Crippen LogP contribution in [0.2, 0.25) is 0 Å². The van der Waals surface area contributed by atoms with Crippen LogP contribution in [0.25, 0.3) is 5.57 Å². The van der Waals surface area contributed by atoms with Crippen LogP contribution >= 0.6 is 0 Å². The van der Waals surface area contributed by atoms with Gasteiger partial charge in [-0.25, -0.2) is 0 Å². The van der Waals surface area contributed by atoms with Gasteiger partial charge in [-0.3, -0.25) is 24.3 Å². The molecule has 0 fully saturated rings. The van der Waals surface area contributed by atoms with E-state index in [1.165, 1.54) is 11.8 Å². The number of rotatable bonds is 5. The topological polar surface area (TPSA) is 82.6 Å². The van der Waals surface area contributed by atoms with Crippen molar-refractivity contribution in [3.63, 3.8) is 0 Å². The largest absolute Gasteiger partial charge is 0.336 e. The summed E-state index contributed by atoms with van der Waals surface area (Å²) in [6, 6.07) is 18.6. The lowest BCUT2D eigenvalue weighted by Crippen LogP contribution is -2.34. The van der Waals surface area contributed by atoms with Crippen LogP contribution in [0, 0.1) is 0 Å². The number of hydrogen-bond donors (Lipinski definition) is 1. The summed E-state index contributed by atoms with van der Waals surface area (Å²) < 4.78 is 0. The van der Waals surface area contributed by atoms with Crippen molar-refractivity contribution in [2.45, 2.75) is 19.9 Å². The van der Waals surface area contributed by atoms with Crippen LogP contribution in [0.4, 0.5) is 11.4 Å². The van der Waals surface area contributed by atoms with E-state index in [2.05, 4.69) is 10.3 Å². The zero-order valence-corrected chi connectivity index (χ0v) is 18.1. The summed E-state index contributed by atoms with van der Waals surface area (Å²) in [4.78, 5) is 45.9. The number of fused-ring (bicyclic) bond motifs is 1. The number of imide groups is 1. The van der Waals surface area contributed by atoms with Crippen molar-refractivity contribution in [3.8, 4) is 0 Å². The second-order valence-corrected chi connectivity index (χ2v) is 8.06. The average Bonchev–Trinajstić information content (AvgIpc) is 3.34. The van der Waals surface area contributed by atoms with Gasteiger partial charge in [-0.15, -0.1) is 0 Å². The molecule has 0 atom stereocenters. The van der Waals surface area contributed by atoms with Crippen LogP contribution in [0.3, 0.4) is 0 Å². The summed E-state index contributed by atoms with van der Waals surface area (Å²) in [5.41, 5.74) is 4.97. The number of amides is 3. The van der Waals surface area contributed by atoms with E-state index < -0.39 is 0 Å². The van der Waals surface area contributed by atoms with Crippen molar-refractivity contribution in [2.75, 3.05) is 16.8 Å². The highest BCUT2D eigenvalue weighted by molar-refractivity contribution is 6.36. The summed E-state index contributed by atoms with van der Waals surface area (Å²) in [6.45, 7) is 2.24. The fourth-order valence-corrected chi connectivity index (χ4v) is 4.38. The first-order chi connectivity index (χ1) is 16.0. The second kappa shape index (κ2) is 8.35. The average molecular weight is 438 g/mol. The van der Waals surface area contributed by atoms with E-state index in [-0.39, 0.29) is 24.3 Å². The zero-order valence-electron chi connectivity index (χ0n) is 18.1. The lowest BCUT2D eigenvalue weighted by atomic mass is 10.0. The Labute approximate surface area is 191 Å². The van der Waals surface area contributed by atoms with Crippen LogP contribution in [-0.2, 0) is 27.3 Å². The van der Waals surface area contributed by atoms with Crippen molar-refractivity contribution < 1.29 is 14.4 Å². The Morgan fingerprint density at radius 1 is 0.970 bits per heavy atom. The Bertz CT molecular complexity index is 1280. The molecule has 1 N–H and O–H groups in total. The molecule has 3 amide bonds. The summed E-state index contributed by atoms with van der Waals surface area (Å²) in [7, 11) is 0. The zero-order chi connectivity index (χ0) is 22.9. The minimum Gasteiger partial charge on any atom is -0.336 e. The Morgan fingerprint density at radius 3 is 2.42 bits per heavy atom. The maximum absolute atomic E-state index is 13.6. The highest BCUT2D eigenvalue weighted by atomic mass is 16.2. The van der Waals surface area contributed by atoms with Gasteiger partial charge in [0.15, 0.2) is 0 Å². The Balaban J connectivity index is 1.58. The van der Waals surface area contributed by atoms with Crippen molar-refractivity contribution in [3.05, 3.63) is 95.4 Å². The fraction of sp³-hybridized carbons (Fsp3) is 0.154. The molecule has 3 heterocycles. The fourth-order valence-electron chi connectivity index (χ4n) is 4.38. The van der Waals surface area contributed by atoms with E-state index in [0.717, 1.165) is 23.2 Å². The van der Waals surface area contributed by atoms with E-state index in [1.54, 1.807) is 48.8 Å². The molecule has 7 heteroatoms. The molecule has 2 aromatic carbocycles. The summed E-state index contributed by atoms with van der Waals surface area (Å²) in [5, 5.41) is 2.73. The predicted octanol–water partition coefficient (Wildman–Crippen LogP) is 3.38. The number of nitrogens with one attached hydrogen (secondary N) is 1. The molecule has 1 aromatic heterocycles. The molecular weight excluding hydrogens is 416 g/mol. The highest BCUT2D eigenvalue weighted by Gasteiger charge is 2.43. The number of para-hydroxylation sites is 1. The van der Waals surface area contributed by atoms with Crippen LogP contribution in [-0.4, -0.2) is 34.2 Å². The number of hydrogen-bond acceptors (Lipinski definition) is 5. The molecule has 33 heavy (non-hydrogen) atoms. The van der Waals surface area contributed by atoms with Crippen LogP contribution in [0.5, 0.6) is 0 Å². The molecule has 0 aliphatic carbocycles. The Kier molecular flexibility index (Phi) is 5.22. The number of pyridine rings is 1. The van der Waals surface area contributed by atoms with Crippen molar-refractivity contribution in [1.82, 2.24) is 9.88 Å². The van der Waals surface area contributed by atoms with Crippen LogP contribution < -0.4 is 10.2 Å². The molecular formula is C26H22N4O3. The van der Waals surface area contributed by atoms with Crippen LogP contribution in [0.15, 0.2) is 78.8 Å².